The lowest BCUT2D eigenvalue weighted by Gasteiger charge is -2.19. The van der Waals surface area contributed by atoms with E-state index >= 15 is 0 Å². The Morgan fingerprint density at radius 1 is 0.264 bits per heavy atom. The van der Waals surface area contributed by atoms with Gasteiger partial charge < -0.3 is 79.8 Å². The number of carbonyl (C=O) groups excluding carboxylic acids is 7. The quantitative estimate of drug-likeness (QED) is 0.0252. The summed E-state index contributed by atoms with van der Waals surface area (Å²) in [6.45, 7) is 4.36. The molecule has 36 heteroatoms. The Hall–Kier alpha value is -12.8. The number of halogens is 13. The molecule has 0 fully saturated rings. The number of benzene rings is 14. The Labute approximate surface area is 896 Å². The minimum absolute atomic E-state index is 0.114. The van der Waals surface area contributed by atoms with E-state index in [2.05, 4.69) is 91.1 Å². The summed E-state index contributed by atoms with van der Waals surface area (Å²) in [7, 11) is 9.51. The predicted octanol–water partition coefficient (Wildman–Crippen LogP) is 25.9. The Morgan fingerprint density at radius 3 is 0.931 bits per heavy atom. The van der Waals surface area contributed by atoms with E-state index in [9.17, 15) is 42.3 Å². The molecule has 14 aromatic carbocycles. The van der Waals surface area contributed by atoms with Crippen LogP contribution in [-0.2, 0) is 52.2 Å². The number of amides is 7. The van der Waals surface area contributed by atoms with Gasteiger partial charge in [-0.3, -0.25) is 33.6 Å². The molecular formula is C108H94Br3Cl8F2N7O16. The molecule has 144 heavy (non-hydrogen) atoms. The summed E-state index contributed by atoms with van der Waals surface area (Å²) in [4.78, 5) is 84.7. The van der Waals surface area contributed by atoms with Crippen molar-refractivity contribution in [1.82, 2.24) is 37.2 Å². The van der Waals surface area contributed by atoms with Crippen LogP contribution in [0.2, 0.25) is 40.2 Å². The SMILES string of the molecule is COc1ccc(CNC(=O)c2c(Cl)cccc2Cl)cc1.COc1ccc(CNC(=O)c2c(Cl)cccc2Cl)cc1OC.COc1ccc(CNC(=O)c2ccccc2Br)cc1OC.COc1cccc(CNC(=O)c2c(Cl)cccc2Cl)c1.O=C(NCc1ccc(F)c(F)c1)c1ccccc1Br.O=C(NCc1ccc2c(c1)CCO2)c1c(Cl)cccc1Cl.O=C(NCc1ccc2c(c1)OCCO2)c1ccccc1Br. The summed E-state index contributed by atoms with van der Waals surface area (Å²) >= 11 is 58.0. The Kier molecular flexibility index (Phi) is 45.7. The van der Waals surface area contributed by atoms with Crippen LogP contribution in [0.1, 0.15) is 117 Å². The third-order valence-corrected chi connectivity index (χ3v) is 25.4. The van der Waals surface area contributed by atoms with E-state index in [0.29, 0.717) is 159 Å². The first-order chi connectivity index (χ1) is 69.4. The molecule has 748 valence electrons. The summed E-state index contributed by atoms with van der Waals surface area (Å²) in [5.41, 5.74) is 10.3. The molecule has 2 heterocycles. The second kappa shape index (κ2) is 58.2. The molecular weight excluding hydrogens is 2210 g/mol. The van der Waals surface area contributed by atoms with Gasteiger partial charge in [0.25, 0.3) is 41.4 Å². The smallest absolute Gasteiger partial charge is 0.254 e. The summed E-state index contributed by atoms with van der Waals surface area (Å²) in [6, 6.07) is 82.5. The maximum absolute atomic E-state index is 13.0. The maximum Gasteiger partial charge on any atom is 0.254 e. The van der Waals surface area contributed by atoms with Gasteiger partial charge in [0.05, 0.1) is 128 Å². The van der Waals surface area contributed by atoms with Gasteiger partial charge in [-0.2, -0.15) is 0 Å². The monoisotopic (exact) mass is 2300 g/mol. The summed E-state index contributed by atoms with van der Waals surface area (Å²) < 4.78 is 75.5. The minimum atomic E-state index is -0.923. The number of fused-ring (bicyclic) bond motifs is 2. The normalized spacial score (nSPS) is 10.9. The number of rotatable bonds is 27. The van der Waals surface area contributed by atoms with Gasteiger partial charge in [-0.05, 0) is 256 Å². The van der Waals surface area contributed by atoms with E-state index in [1.165, 1.54) is 11.6 Å². The summed E-state index contributed by atoms with van der Waals surface area (Å²) in [5.74, 6) is 2.92. The molecule has 2 aliphatic heterocycles. The van der Waals surface area contributed by atoms with Crippen molar-refractivity contribution in [3.63, 3.8) is 0 Å². The van der Waals surface area contributed by atoms with Gasteiger partial charge in [-0.25, -0.2) is 8.78 Å². The van der Waals surface area contributed by atoms with Gasteiger partial charge in [0, 0.05) is 65.7 Å². The minimum Gasteiger partial charge on any atom is -0.497 e. The zero-order chi connectivity index (χ0) is 104. The highest BCUT2D eigenvalue weighted by Crippen LogP contribution is 2.35. The molecule has 0 saturated carbocycles. The van der Waals surface area contributed by atoms with Crippen molar-refractivity contribution in [2.45, 2.75) is 52.2 Å². The van der Waals surface area contributed by atoms with Crippen LogP contribution in [0, 0.1) is 11.6 Å². The van der Waals surface area contributed by atoms with E-state index < -0.39 is 11.6 Å². The fourth-order valence-electron chi connectivity index (χ4n) is 13.4. The third kappa shape index (κ3) is 34.2. The highest BCUT2D eigenvalue weighted by atomic mass is 79.9. The van der Waals surface area contributed by atoms with Crippen molar-refractivity contribution in [3.8, 4) is 51.7 Å². The first-order valence-corrected chi connectivity index (χ1v) is 49.0. The first-order valence-electron chi connectivity index (χ1n) is 43.6. The largest absolute Gasteiger partial charge is 0.497 e. The molecule has 0 aromatic heterocycles. The molecule has 2 aliphatic rings. The third-order valence-electron chi connectivity index (χ3n) is 20.8. The molecule has 0 unspecified atom stereocenters. The maximum atomic E-state index is 13.0. The van der Waals surface area contributed by atoms with E-state index in [1.807, 2.05) is 140 Å². The van der Waals surface area contributed by atoms with Gasteiger partial charge in [-0.1, -0.05) is 214 Å². The number of carbonyl (C=O) groups is 7. The van der Waals surface area contributed by atoms with Crippen LogP contribution in [-0.4, -0.2) is 104 Å². The van der Waals surface area contributed by atoms with Crippen molar-refractivity contribution in [1.29, 1.82) is 0 Å². The van der Waals surface area contributed by atoms with Crippen LogP contribution in [0.25, 0.3) is 0 Å². The lowest BCUT2D eigenvalue weighted by atomic mass is 10.1. The van der Waals surface area contributed by atoms with E-state index in [-0.39, 0.29) is 53.5 Å². The van der Waals surface area contributed by atoms with Crippen molar-refractivity contribution >= 4 is 182 Å². The predicted molar refractivity (Wildman–Crippen MR) is 571 cm³/mol. The zero-order valence-electron chi connectivity index (χ0n) is 77.9. The average Bonchev–Trinajstić information content (AvgIpc) is 1.49. The van der Waals surface area contributed by atoms with Crippen LogP contribution in [0.15, 0.2) is 299 Å². The molecule has 16 rings (SSSR count). The lowest BCUT2D eigenvalue weighted by Crippen LogP contribution is -2.23. The highest BCUT2D eigenvalue weighted by molar-refractivity contribution is 9.11. The van der Waals surface area contributed by atoms with Crippen molar-refractivity contribution in [3.05, 3.63) is 434 Å². The van der Waals surface area contributed by atoms with Gasteiger partial charge in [0.1, 0.15) is 30.5 Å². The lowest BCUT2D eigenvalue weighted by molar-refractivity contribution is 0.0942. The Balaban J connectivity index is 0.000000172. The fourth-order valence-corrected chi connectivity index (χ4v) is 17.1. The molecule has 7 amide bonds. The first kappa shape index (κ1) is 113. The average molecular weight is 2310 g/mol. The Morgan fingerprint density at radius 2 is 0.562 bits per heavy atom. The van der Waals surface area contributed by atoms with Crippen molar-refractivity contribution in [2.75, 3.05) is 62.5 Å². The Bertz CT molecular complexity index is 6650. The van der Waals surface area contributed by atoms with Crippen LogP contribution in [0.4, 0.5) is 8.78 Å². The number of methoxy groups -OCH3 is 6. The van der Waals surface area contributed by atoms with Crippen LogP contribution < -0.4 is 79.8 Å². The van der Waals surface area contributed by atoms with E-state index in [1.54, 1.807) is 164 Å². The number of hydrogen-bond donors (Lipinski definition) is 7. The molecule has 14 aromatic rings. The second-order valence-corrected chi connectivity index (χ2v) is 36.3. The second-order valence-electron chi connectivity index (χ2n) is 30.5. The molecule has 0 spiro atoms. The van der Waals surface area contributed by atoms with Gasteiger partial charge in [0.15, 0.2) is 46.1 Å². The number of hydrogen-bond acceptors (Lipinski definition) is 16. The molecule has 23 nitrogen and oxygen atoms in total. The van der Waals surface area contributed by atoms with Gasteiger partial charge in [-0.15, -0.1) is 0 Å². The molecule has 0 saturated heterocycles. The number of ether oxygens (including phenoxy) is 9. The van der Waals surface area contributed by atoms with E-state index in [0.717, 1.165) is 96.2 Å². The van der Waals surface area contributed by atoms with Crippen LogP contribution in [0.3, 0.4) is 0 Å². The standard InChI is InChI=1S/C16H14BrNO3.C16H16BrNO3.C16H15Cl2NO3.C16H13Cl2NO2.2C15H13Cl2NO2.C14H10BrF2NO/c17-13-4-2-1-3-12(13)16(19)18-10-11-5-6-14-15(9-11)21-8-7-20-14;1-20-14-8-7-11(9-15(14)21-2)10-18-16(19)12-5-3-4-6-13(12)17;1-21-13-7-6-10(8-14(13)22-2)9-19-16(20)15-11(17)4-3-5-12(15)18;17-12-2-1-3-13(18)15(12)16(20)19-9-10-4-5-14-11(8-10)6-7-21-14;1-20-11-5-2-4-10(8-11)9-18-15(19)14-12(16)6-3-7-13(14)17;1-20-11-7-5-10(6-8-11)9-18-15(19)14-12(16)3-2-4-13(14)17;15-11-4-2-1-3-10(11)14(19)18-8-9-5-6-12(16)13(17)7-9/h1-6,9H,7-8,10H2,(H,18,19);3-9H,10H2,1-2H3,(H,18,19);3-8H,9H2,1-2H3,(H,19,20);1-5,8H,6-7,9H2,(H,19,20);2*2-8H,9H2,1H3,(H,18,19);1-7H,8H2,(H,18,19). The molecule has 0 aliphatic carbocycles. The summed E-state index contributed by atoms with van der Waals surface area (Å²) in [5, 5.41) is 22.3. The van der Waals surface area contributed by atoms with Gasteiger partial charge >= 0.3 is 0 Å². The van der Waals surface area contributed by atoms with Crippen molar-refractivity contribution < 1.29 is 85.0 Å². The molecule has 7 N–H and O–H groups in total. The van der Waals surface area contributed by atoms with Gasteiger partial charge in [0.2, 0.25) is 0 Å². The zero-order valence-corrected chi connectivity index (χ0v) is 88.7. The molecule has 0 bridgehead atoms. The molecule has 0 atom stereocenters. The van der Waals surface area contributed by atoms with Crippen molar-refractivity contribution in [2.24, 2.45) is 0 Å². The highest BCUT2D eigenvalue weighted by Gasteiger charge is 2.23. The van der Waals surface area contributed by atoms with E-state index in [4.69, 9.17) is 135 Å². The number of nitrogens with one attached hydrogen (secondary N) is 7. The van der Waals surface area contributed by atoms with Crippen LogP contribution >= 0.6 is 141 Å². The van der Waals surface area contributed by atoms with Crippen LogP contribution in [0.5, 0.6) is 51.7 Å². The molecule has 0 radical (unpaired) electrons. The summed E-state index contributed by atoms with van der Waals surface area (Å²) in [6.07, 6.45) is 0.910. The fraction of sp³-hybridized carbons (Fsp3) is 0.157. The topological polar surface area (TPSA) is 287 Å².